The Morgan fingerprint density at radius 2 is 1.26 bits per heavy atom. The third-order valence-corrected chi connectivity index (χ3v) is 7.44. The summed E-state index contributed by atoms with van der Waals surface area (Å²) in [6.07, 6.45) is 5.41. The van der Waals surface area contributed by atoms with E-state index in [2.05, 4.69) is 0 Å². The van der Waals surface area contributed by atoms with Gasteiger partial charge in [0.2, 0.25) is 0 Å². The smallest absolute Gasteiger partial charge is 0.346 e. The van der Waals surface area contributed by atoms with Crippen molar-refractivity contribution in [3.05, 3.63) is 118 Å². The molecule has 2 unspecified atom stereocenters. The molecule has 3 aromatic carbocycles. The second-order valence-electron chi connectivity index (χ2n) is 9.05. The minimum Gasteiger partial charge on any atom is -0.392 e. The van der Waals surface area contributed by atoms with E-state index < -0.39 is 41.1 Å². The molecule has 2 aliphatic heterocycles. The van der Waals surface area contributed by atoms with Gasteiger partial charge in [-0.2, -0.15) is 0 Å². The molecule has 2 heterocycles. The van der Waals surface area contributed by atoms with Crippen molar-refractivity contribution in [2.45, 2.75) is 5.41 Å². The lowest BCUT2D eigenvalue weighted by Gasteiger charge is -2.36. The normalized spacial score (nSPS) is 22.7. The van der Waals surface area contributed by atoms with Gasteiger partial charge in [-0.05, 0) is 45.5 Å². The second kappa shape index (κ2) is 6.73. The summed E-state index contributed by atoms with van der Waals surface area (Å²) in [5.41, 5.74) is 5.12. The molecule has 4 aliphatic rings. The van der Waals surface area contributed by atoms with E-state index in [9.17, 15) is 19.2 Å². The summed E-state index contributed by atoms with van der Waals surface area (Å²) in [4.78, 5) is 49.3. The zero-order chi connectivity index (χ0) is 23.9. The Balaban J connectivity index is 1.57. The standard InChI is InChI=1S/C29H16O6/c30-25-19-11-9-15(13-21(19)27(32)34-25)29(16-10-12-20-22(14-16)28(33)35-26(20)31)23-7-3-1-5-17(23)18-6-2-4-8-24(18)29/h1-14,19,21H. The molecule has 1 fully saturated rings. The lowest BCUT2D eigenvalue weighted by molar-refractivity contribution is -0.153. The van der Waals surface area contributed by atoms with Crippen LogP contribution in [-0.2, 0) is 24.5 Å². The predicted molar refractivity (Wildman–Crippen MR) is 123 cm³/mol. The number of benzene rings is 3. The van der Waals surface area contributed by atoms with Crippen molar-refractivity contribution < 1.29 is 28.7 Å². The summed E-state index contributed by atoms with van der Waals surface area (Å²) in [5, 5.41) is 0. The summed E-state index contributed by atoms with van der Waals surface area (Å²) in [7, 11) is 0. The molecule has 6 heteroatoms. The fourth-order valence-corrected chi connectivity index (χ4v) is 5.95. The van der Waals surface area contributed by atoms with E-state index in [-0.39, 0.29) is 11.1 Å². The van der Waals surface area contributed by atoms with Gasteiger partial charge in [0.1, 0.15) is 0 Å². The second-order valence-corrected chi connectivity index (χ2v) is 9.05. The number of hydrogen-bond donors (Lipinski definition) is 0. The Bertz CT molecular complexity index is 1540. The van der Waals surface area contributed by atoms with Crippen molar-refractivity contribution in [2.24, 2.45) is 11.8 Å². The topological polar surface area (TPSA) is 86.7 Å². The first-order chi connectivity index (χ1) is 17.0. The highest BCUT2D eigenvalue weighted by atomic mass is 16.6. The quantitative estimate of drug-likeness (QED) is 0.422. The summed E-state index contributed by atoms with van der Waals surface area (Å²) in [6, 6.07) is 21.2. The molecular formula is C29H16O6. The summed E-state index contributed by atoms with van der Waals surface area (Å²) in [6.45, 7) is 0. The van der Waals surface area contributed by atoms with Gasteiger partial charge in [0.05, 0.1) is 28.4 Å². The Morgan fingerprint density at radius 3 is 1.97 bits per heavy atom. The van der Waals surface area contributed by atoms with Crippen molar-refractivity contribution >= 4 is 23.9 Å². The van der Waals surface area contributed by atoms with Gasteiger partial charge in [0.25, 0.3) is 0 Å². The first-order valence-electron chi connectivity index (χ1n) is 11.3. The number of esters is 4. The molecule has 2 aliphatic carbocycles. The molecule has 1 saturated heterocycles. The first-order valence-corrected chi connectivity index (χ1v) is 11.3. The molecule has 35 heavy (non-hydrogen) atoms. The zero-order valence-corrected chi connectivity index (χ0v) is 18.2. The van der Waals surface area contributed by atoms with E-state index in [0.717, 1.165) is 33.4 Å². The summed E-state index contributed by atoms with van der Waals surface area (Å²) in [5.74, 6) is -3.83. The fourth-order valence-electron chi connectivity index (χ4n) is 5.95. The maximum Gasteiger partial charge on any atom is 0.346 e. The zero-order valence-electron chi connectivity index (χ0n) is 18.2. The van der Waals surface area contributed by atoms with Crippen LogP contribution in [0.2, 0.25) is 0 Å². The molecule has 7 rings (SSSR count). The SMILES string of the molecule is O=C1OC(=O)c2cc(C3(C4=CC5C(=O)OC(=O)C5C=C4)c4ccccc4-c4ccccc43)ccc21. The fraction of sp³-hybridized carbons (Fsp3) is 0.103. The minimum absolute atomic E-state index is 0.211. The van der Waals surface area contributed by atoms with Gasteiger partial charge < -0.3 is 9.47 Å². The van der Waals surface area contributed by atoms with E-state index in [4.69, 9.17) is 9.47 Å². The molecular weight excluding hydrogens is 444 g/mol. The maximum atomic E-state index is 12.5. The van der Waals surface area contributed by atoms with Gasteiger partial charge in [-0.3, -0.25) is 9.59 Å². The molecule has 0 bridgehead atoms. The van der Waals surface area contributed by atoms with Gasteiger partial charge in [-0.1, -0.05) is 72.8 Å². The van der Waals surface area contributed by atoms with Gasteiger partial charge in [0.15, 0.2) is 0 Å². The van der Waals surface area contributed by atoms with E-state index in [0.29, 0.717) is 0 Å². The molecule has 6 nitrogen and oxygen atoms in total. The molecule has 0 radical (unpaired) electrons. The van der Waals surface area contributed by atoms with E-state index >= 15 is 0 Å². The highest BCUT2D eigenvalue weighted by Gasteiger charge is 2.51. The molecule has 3 aromatic rings. The number of allylic oxidation sites excluding steroid dienone is 2. The van der Waals surface area contributed by atoms with Crippen LogP contribution in [-0.4, -0.2) is 23.9 Å². The molecule has 168 valence electrons. The van der Waals surface area contributed by atoms with Crippen LogP contribution in [0.25, 0.3) is 11.1 Å². The van der Waals surface area contributed by atoms with E-state index in [1.54, 1.807) is 18.2 Å². The average molecular weight is 460 g/mol. The van der Waals surface area contributed by atoms with Crippen LogP contribution in [0, 0.1) is 11.8 Å². The van der Waals surface area contributed by atoms with Crippen molar-refractivity contribution in [3.8, 4) is 11.1 Å². The van der Waals surface area contributed by atoms with E-state index in [1.165, 1.54) is 0 Å². The molecule has 0 amide bonds. The number of hydrogen-bond acceptors (Lipinski definition) is 6. The molecule has 0 N–H and O–H groups in total. The predicted octanol–water partition coefficient (Wildman–Crippen LogP) is 4.12. The number of carbonyl (C=O) groups excluding carboxylic acids is 4. The number of fused-ring (bicyclic) bond motifs is 5. The number of ether oxygens (including phenoxy) is 2. The largest absolute Gasteiger partial charge is 0.392 e. The first kappa shape index (κ1) is 19.9. The average Bonchev–Trinajstić information content (AvgIpc) is 3.46. The molecule has 0 aromatic heterocycles. The minimum atomic E-state index is -0.887. The third-order valence-electron chi connectivity index (χ3n) is 7.44. The Morgan fingerprint density at radius 1 is 0.629 bits per heavy atom. The van der Waals surface area contributed by atoms with E-state index in [1.807, 2.05) is 66.7 Å². The van der Waals surface area contributed by atoms with Crippen molar-refractivity contribution in [3.63, 3.8) is 0 Å². The molecule has 2 atom stereocenters. The van der Waals surface area contributed by atoms with Crippen LogP contribution < -0.4 is 0 Å². The lowest BCUT2D eigenvalue weighted by atomic mass is 9.64. The molecule has 0 saturated carbocycles. The summed E-state index contributed by atoms with van der Waals surface area (Å²) < 4.78 is 9.75. The van der Waals surface area contributed by atoms with Crippen LogP contribution >= 0.6 is 0 Å². The van der Waals surface area contributed by atoms with Crippen molar-refractivity contribution in [1.29, 1.82) is 0 Å². The van der Waals surface area contributed by atoms with Crippen molar-refractivity contribution in [1.82, 2.24) is 0 Å². The Labute approximate surface area is 199 Å². The number of rotatable bonds is 2. The van der Waals surface area contributed by atoms with Gasteiger partial charge in [-0.15, -0.1) is 0 Å². The highest BCUT2D eigenvalue weighted by Crippen LogP contribution is 2.57. The number of cyclic esters (lactones) is 4. The number of carbonyl (C=O) groups is 4. The Hall–Kier alpha value is -4.58. The van der Waals surface area contributed by atoms with Gasteiger partial charge in [-0.25, -0.2) is 9.59 Å². The van der Waals surface area contributed by atoms with Crippen LogP contribution in [0.4, 0.5) is 0 Å². The summed E-state index contributed by atoms with van der Waals surface area (Å²) >= 11 is 0. The monoisotopic (exact) mass is 460 g/mol. The molecule has 0 spiro atoms. The van der Waals surface area contributed by atoms with Gasteiger partial charge in [0, 0.05) is 0 Å². The van der Waals surface area contributed by atoms with Crippen LogP contribution in [0.5, 0.6) is 0 Å². The van der Waals surface area contributed by atoms with Crippen LogP contribution in [0.1, 0.15) is 37.4 Å². The van der Waals surface area contributed by atoms with Crippen molar-refractivity contribution in [2.75, 3.05) is 0 Å². The van der Waals surface area contributed by atoms with Gasteiger partial charge >= 0.3 is 23.9 Å². The Kier molecular flexibility index (Phi) is 3.82. The highest BCUT2D eigenvalue weighted by molar-refractivity contribution is 6.15. The van der Waals surface area contributed by atoms with Crippen LogP contribution in [0.15, 0.2) is 90.5 Å². The third kappa shape index (κ3) is 2.43. The maximum absolute atomic E-state index is 12.5. The lowest BCUT2D eigenvalue weighted by Crippen LogP contribution is -2.32. The van der Waals surface area contributed by atoms with Crippen LogP contribution in [0.3, 0.4) is 0 Å².